The lowest BCUT2D eigenvalue weighted by molar-refractivity contribution is -0.142. The van der Waals surface area contributed by atoms with Crippen molar-refractivity contribution in [3.8, 4) is 0 Å². The summed E-state index contributed by atoms with van der Waals surface area (Å²) >= 11 is 0. The third-order valence-corrected chi connectivity index (χ3v) is 4.11. The van der Waals surface area contributed by atoms with E-state index in [0.29, 0.717) is 24.6 Å². The van der Waals surface area contributed by atoms with E-state index < -0.39 is 11.9 Å². The molecule has 0 unspecified atom stereocenters. The Morgan fingerprint density at radius 1 is 1.32 bits per heavy atom. The first-order valence-electron chi connectivity index (χ1n) is 6.59. The first-order valence-corrected chi connectivity index (χ1v) is 6.59. The van der Waals surface area contributed by atoms with Gasteiger partial charge in [0, 0.05) is 25.5 Å². The topological polar surface area (TPSA) is 70.5 Å². The molecule has 2 atom stereocenters. The number of nitrogens with zero attached hydrogens (tertiary/aromatic N) is 2. The maximum atomic E-state index is 12.3. The Morgan fingerprint density at radius 3 is 2.68 bits per heavy atom. The Hall–Kier alpha value is -1.91. The lowest BCUT2D eigenvalue weighted by Crippen LogP contribution is -2.29. The zero-order valence-electron chi connectivity index (χ0n) is 10.5. The number of carboxylic acid groups (broad SMARTS) is 1. The standard InChI is InChI=1S/C14H16N2O3/c17-13(10-2-1-5-15-6-10)16-7-11(9-3-4-9)12(8-16)14(18)19/h1-2,5-6,9,11-12H,3-4,7-8H2,(H,18,19)/t11-,12+/m1/s1. The van der Waals surface area contributed by atoms with Crippen molar-refractivity contribution >= 4 is 11.9 Å². The predicted molar refractivity (Wildman–Crippen MR) is 67.5 cm³/mol. The molecule has 0 radical (unpaired) electrons. The fourth-order valence-electron chi connectivity index (χ4n) is 2.93. The normalized spacial score (nSPS) is 26.4. The van der Waals surface area contributed by atoms with Gasteiger partial charge in [-0.15, -0.1) is 0 Å². The number of hydrogen-bond acceptors (Lipinski definition) is 3. The molecule has 2 heterocycles. The van der Waals surface area contributed by atoms with Crippen LogP contribution in [0.25, 0.3) is 0 Å². The fourth-order valence-corrected chi connectivity index (χ4v) is 2.93. The maximum Gasteiger partial charge on any atom is 0.308 e. The number of carbonyl (C=O) groups is 2. The van der Waals surface area contributed by atoms with E-state index in [4.69, 9.17) is 0 Å². The monoisotopic (exact) mass is 260 g/mol. The minimum Gasteiger partial charge on any atom is -0.481 e. The van der Waals surface area contributed by atoms with Gasteiger partial charge in [-0.2, -0.15) is 0 Å². The molecule has 19 heavy (non-hydrogen) atoms. The first-order chi connectivity index (χ1) is 9.16. The zero-order chi connectivity index (χ0) is 13.4. The van der Waals surface area contributed by atoms with Crippen LogP contribution in [-0.2, 0) is 4.79 Å². The van der Waals surface area contributed by atoms with E-state index in [0.717, 1.165) is 12.8 Å². The molecule has 1 aromatic rings. The number of aromatic nitrogens is 1. The number of rotatable bonds is 3. The van der Waals surface area contributed by atoms with Crippen molar-refractivity contribution in [1.82, 2.24) is 9.88 Å². The molecule has 2 fully saturated rings. The summed E-state index contributed by atoms with van der Waals surface area (Å²) in [6.07, 6.45) is 5.35. The van der Waals surface area contributed by atoms with Gasteiger partial charge in [-0.3, -0.25) is 14.6 Å². The molecule has 1 saturated heterocycles. The zero-order valence-corrected chi connectivity index (χ0v) is 10.5. The molecule has 0 bridgehead atoms. The minimum atomic E-state index is -0.779. The molecule has 1 aliphatic carbocycles. The number of pyridine rings is 1. The van der Waals surface area contributed by atoms with Crippen LogP contribution < -0.4 is 0 Å². The van der Waals surface area contributed by atoms with Gasteiger partial charge in [0.2, 0.25) is 0 Å². The van der Waals surface area contributed by atoms with Crippen LogP contribution in [0.5, 0.6) is 0 Å². The van der Waals surface area contributed by atoms with Crippen molar-refractivity contribution in [2.24, 2.45) is 17.8 Å². The van der Waals surface area contributed by atoms with E-state index in [-0.39, 0.29) is 11.8 Å². The van der Waals surface area contributed by atoms with Crippen LogP contribution in [0.2, 0.25) is 0 Å². The molecule has 100 valence electrons. The molecule has 1 aromatic heterocycles. The van der Waals surface area contributed by atoms with Gasteiger partial charge in [-0.05, 0) is 36.8 Å². The van der Waals surface area contributed by atoms with Crippen LogP contribution in [0.4, 0.5) is 0 Å². The molecular formula is C14H16N2O3. The summed E-state index contributed by atoms with van der Waals surface area (Å²) in [5.74, 6) is -0.681. The molecule has 1 N–H and O–H groups in total. The van der Waals surface area contributed by atoms with Crippen molar-refractivity contribution in [3.63, 3.8) is 0 Å². The number of carboxylic acids is 1. The third-order valence-electron chi connectivity index (χ3n) is 4.11. The van der Waals surface area contributed by atoms with Gasteiger partial charge in [0.05, 0.1) is 11.5 Å². The van der Waals surface area contributed by atoms with Crippen molar-refractivity contribution < 1.29 is 14.7 Å². The number of likely N-dealkylation sites (tertiary alicyclic amines) is 1. The largest absolute Gasteiger partial charge is 0.481 e. The molecule has 1 amide bonds. The van der Waals surface area contributed by atoms with Crippen molar-refractivity contribution in [2.45, 2.75) is 12.8 Å². The summed E-state index contributed by atoms with van der Waals surface area (Å²) < 4.78 is 0. The summed E-state index contributed by atoms with van der Waals surface area (Å²) in [5.41, 5.74) is 0.531. The van der Waals surface area contributed by atoms with Gasteiger partial charge >= 0.3 is 5.97 Å². The lowest BCUT2D eigenvalue weighted by atomic mass is 9.92. The molecule has 2 aliphatic rings. The Morgan fingerprint density at radius 2 is 2.11 bits per heavy atom. The second-order valence-corrected chi connectivity index (χ2v) is 5.40. The third kappa shape index (κ3) is 2.32. The predicted octanol–water partition coefficient (Wildman–Crippen LogP) is 1.26. The highest BCUT2D eigenvalue weighted by molar-refractivity contribution is 5.94. The molecule has 0 aromatic carbocycles. The van der Waals surface area contributed by atoms with E-state index in [2.05, 4.69) is 4.98 Å². The molecule has 5 nitrogen and oxygen atoms in total. The molecule has 1 aliphatic heterocycles. The summed E-state index contributed by atoms with van der Waals surface area (Å²) in [6, 6.07) is 3.44. The first kappa shape index (κ1) is 12.1. The maximum absolute atomic E-state index is 12.3. The Labute approximate surface area is 111 Å². The molecular weight excluding hydrogens is 244 g/mol. The highest BCUT2D eigenvalue weighted by atomic mass is 16.4. The van der Waals surface area contributed by atoms with Gasteiger partial charge < -0.3 is 10.0 Å². The molecule has 3 rings (SSSR count). The van der Waals surface area contributed by atoms with Crippen LogP contribution >= 0.6 is 0 Å². The lowest BCUT2D eigenvalue weighted by Gasteiger charge is -2.15. The number of hydrogen-bond donors (Lipinski definition) is 1. The fraction of sp³-hybridized carbons (Fsp3) is 0.500. The summed E-state index contributed by atoms with van der Waals surface area (Å²) in [4.78, 5) is 29.2. The Balaban J connectivity index is 1.76. The van der Waals surface area contributed by atoms with Gasteiger partial charge in [-0.1, -0.05) is 0 Å². The van der Waals surface area contributed by atoms with Crippen molar-refractivity contribution in [2.75, 3.05) is 13.1 Å². The van der Waals surface area contributed by atoms with Crippen LogP contribution in [0.15, 0.2) is 24.5 Å². The van der Waals surface area contributed by atoms with E-state index >= 15 is 0 Å². The minimum absolute atomic E-state index is 0.109. The van der Waals surface area contributed by atoms with Crippen LogP contribution in [-0.4, -0.2) is 40.0 Å². The Bertz CT molecular complexity index is 499. The van der Waals surface area contributed by atoms with E-state index in [9.17, 15) is 14.7 Å². The highest BCUT2D eigenvalue weighted by Gasteiger charge is 2.46. The molecule has 0 spiro atoms. The molecule has 1 saturated carbocycles. The second kappa shape index (κ2) is 4.64. The number of aliphatic carboxylic acids is 1. The van der Waals surface area contributed by atoms with E-state index in [1.165, 1.54) is 6.20 Å². The smallest absolute Gasteiger partial charge is 0.308 e. The SMILES string of the molecule is O=C(O)[C@H]1CN(C(=O)c2cccnc2)C[C@@H]1C1CC1. The number of amides is 1. The van der Waals surface area contributed by atoms with Crippen LogP contribution in [0.1, 0.15) is 23.2 Å². The molecule has 5 heteroatoms. The van der Waals surface area contributed by atoms with E-state index in [1.807, 2.05) is 0 Å². The quantitative estimate of drug-likeness (QED) is 0.888. The average Bonchev–Trinajstić information content (AvgIpc) is 3.17. The van der Waals surface area contributed by atoms with E-state index in [1.54, 1.807) is 23.2 Å². The van der Waals surface area contributed by atoms with Gasteiger partial charge in [0.15, 0.2) is 0 Å². The summed E-state index contributed by atoms with van der Waals surface area (Å²) in [5, 5.41) is 9.28. The second-order valence-electron chi connectivity index (χ2n) is 5.40. The average molecular weight is 260 g/mol. The van der Waals surface area contributed by atoms with Gasteiger partial charge in [0.25, 0.3) is 5.91 Å². The summed E-state index contributed by atoms with van der Waals surface area (Å²) in [7, 11) is 0. The van der Waals surface area contributed by atoms with Crippen LogP contribution in [0, 0.1) is 17.8 Å². The van der Waals surface area contributed by atoms with Gasteiger partial charge in [0.1, 0.15) is 0 Å². The Kier molecular flexibility index (Phi) is 2.97. The van der Waals surface area contributed by atoms with Gasteiger partial charge in [-0.25, -0.2) is 0 Å². The van der Waals surface area contributed by atoms with Crippen molar-refractivity contribution in [1.29, 1.82) is 0 Å². The van der Waals surface area contributed by atoms with Crippen LogP contribution in [0.3, 0.4) is 0 Å². The number of carbonyl (C=O) groups excluding carboxylic acids is 1. The van der Waals surface area contributed by atoms with Crippen molar-refractivity contribution in [3.05, 3.63) is 30.1 Å². The highest BCUT2D eigenvalue weighted by Crippen LogP contribution is 2.44. The summed E-state index contributed by atoms with van der Waals surface area (Å²) in [6.45, 7) is 0.888.